The number of phosphoric ester groups is 1. The van der Waals surface area contributed by atoms with Crippen molar-refractivity contribution in [3.8, 4) is 0 Å². The van der Waals surface area contributed by atoms with E-state index < -0.39 is 26.5 Å². The molecule has 0 heterocycles. The number of esters is 1. The Hall–Kier alpha value is 0.970. The molecule has 0 saturated heterocycles. The minimum Gasteiger partial charge on any atom is -0.790 e. The van der Waals surface area contributed by atoms with Gasteiger partial charge in [-0.1, -0.05) is 103 Å². The van der Waals surface area contributed by atoms with Gasteiger partial charge in [0.2, 0.25) is 5.91 Å². The van der Waals surface area contributed by atoms with Gasteiger partial charge in [-0.25, -0.2) is 0 Å². The van der Waals surface area contributed by atoms with E-state index in [-0.39, 0.29) is 84.8 Å². The van der Waals surface area contributed by atoms with Crippen molar-refractivity contribution in [2.24, 2.45) is 0 Å². The fourth-order valence-electron chi connectivity index (χ4n) is 4.24. The van der Waals surface area contributed by atoms with Crippen LogP contribution in [0.1, 0.15) is 136 Å². The Kier molecular flexibility index (Phi) is 39.3. The van der Waals surface area contributed by atoms with E-state index in [1.165, 1.54) is 57.8 Å². The summed E-state index contributed by atoms with van der Waals surface area (Å²) in [6, 6.07) is 0. The number of unbranched alkanes of at least 4 members (excludes halogenated alkanes) is 16. The van der Waals surface area contributed by atoms with Gasteiger partial charge in [-0.3, -0.25) is 9.59 Å². The number of hydrogen-bond donors (Lipinski definition) is 1. The summed E-state index contributed by atoms with van der Waals surface area (Å²) in [5.74, 6) is -0.423. The second-order valence-corrected chi connectivity index (χ2v) is 11.6. The van der Waals surface area contributed by atoms with E-state index in [0.717, 1.165) is 57.9 Å². The summed E-state index contributed by atoms with van der Waals surface area (Å²) in [5, 5.41) is 2.82. The molecule has 13 heteroatoms. The first-order chi connectivity index (χ1) is 19.2. The van der Waals surface area contributed by atoms with E-state index in [1.54, 1.807) is 6.92 Å². The van der Waals surface area contributed by atoms with Crippen molar-refractivity contribution in [1.82, 2.24) is 5.32 Å². The van der Waals surface area contributed by atoms with Crippen LogP contribution in [0.5, 0.6) is 0 Å². The third-order valence-corrected chi connectivity index (χ3v) is 6.98. The predicted octanol–water partition coefficient (Wildman–Crippen LogP) is -0.690. The van der Waals surface area contributed by atoms with Crippen LogP contribution >= 0.6 is 7.82 Å². The Labute approximate surface area is 299 Å². The maximum Gasteiger partial charge on any atom is 1.00 e. The van der Waals surface area contributed by atoms with Gasteiger partial charge in [0.1, 0.15) is 12.9 Å². The fraction of sp³-hybridized carbons (Fsp3) is 0.931. The van der Waals surface area contributed by atoms with E-state index in [9.17, 15) is 23.9 Å². The summed E-state index contributed by atoms with van der Waals surface area (Å²) in [4.78, 5) is 44.6. The summed E-state index contributed by atoms with van der Waals surface area (Å²) in [5.41, 5.74) is 0. The van der Waals surface area contributed by atoms with Gasteiger partial charge in [0, 0.05) is 26.5 Å². The average molecular weight is 640 g/mol. The molecule has 0 aromatic rings. The Morgan fingerprint density at radius 1 is 0.714 bits per heavy atom. The Morgan fingerprint density at radius 2 is 1.21 bits per heavy atom. The molecule has 1 atom stereocenters. The summed E-state index contributed by atoms with van der Waals surface area (Å²) < 4.78 is 31.3. The van der Waals surface area contributed by atoms with Crippen molar-refractivity contribution >= 4 is 19.7 Å². The number of nitrogens with one attached hydrogen (secondary N) is 1. The molecule has 0 aromatic heterocycles. The summed E-state index contributed by atoms with van der Waals surface area (Å²) in [6.45, 7) is 4.36. The van der Waals surface area contributed by atoms with Gasteiger partial charge < -0.3 is 38.4 Å². The molecular formula is C29H56NNa2O9P. The smallest absolute Gasteiger partial charge is 0.790 e. The SMILES string of the molecule is CCCCCCCCCCC(=O)O[C@H](COCOCCCCCCCCCCCCNC(C)=O)COP(=O)([O-])[O-].[Na+].[Na+]. The molecule has 0 radical (unpaired) electrons. The average Bonchev–Trinajstić information content (AvgIpc) is 2.89. The van der Waals surface area contributed by atoms with Crippen molar-refractivity contribution in [2.45, 2.75) is 142 Å². The molecule has 0 saturated carbocycles. The third-order valence-electron chi connectivity index (χ3n) is 6.51. The van der Waals surface area contributed by atoms with Crippen LogP contribution in [0.25, 0.3) is 0 Å². The minimum absolute atomic E-state index is 0. The van der Waals surface area contributed by atoms with Crippen LogP contribution in [0.15, 0.2) is 0 Å². The molecule has 1 amide bonds. The van der Waals surface area contributed by atoms with Crippen LogP contribution in [-0.4, -0.2) is 51.1 Å². The van der Waals surface area contributed by atoms with E-state index in [1.807, 2.05) is 0 Å². The summed E-state index contributed by atoms with van der Waals surface area (Å²) in [6.07, 6.45) is 19.5. The largest absolute Gasteiger partial charge is 1.00 e. The van der Waals surface area contributed by atoms with Gasteiger partial charge >= 0.3 is 65.1 Å². The molecule has 0 aliphatic carbocycles. The normalized spacial score (nSPS) is 11.8. The van der Waals surface area contributed by atoms with Crippen LogP contribution in [0.3, 0.4) is 0 Å². The van der Waals surface area contributed by atoms with E-state index in [2.05, 4.69) is 16.8 Å². The molecule has 42 heavy (non-hydrogen) atoms. The quantitative estimate of drug-likeness (QED) is 0.0355. The zero-order valence-electron chi connectivity index (χ0n) is 27.2. The predicted molar refractivity (Wildman–Crippen MR) is 152 cm³/mol. The van der Waals surface area contributed by atoms with Gasteiger partial charge in [0.25, 0.3) is 0 Å². The Balaban J connectivity index is -0.00000760. The van der Waals surface area contributed by atoms with Crippen LogP contribution in [0.2, 0.25) is 0 Å². The second kappa shape index (κ2) is 34.8. The molecule has 0 fully saturated rings. The number of rotatable bonds is 30. The Morgan fingerprint density at radius 3 is 1.74 bits per heavy atom. The Bertz CT molecular complexity index is 657. The maximum absolute atomic E-state index is 12.1. The van der Waals surface area contributed by atoms with Crippen LogP contribution in [-0.2, 0) is 32.9 Å². The maximum atomic E-state index is 12.1. The summed E-state index contributed by atoms with van der Waals surface area (Å²) >= 11 is 0. The first kappa shape index (κ1) is 47.4. The zero-order chi connectivity index (χ0) is 29.7. The van der Waals surface area contributed by atoms with Crippen molar-refractivity contribution in [1.29, 1.82) is 0 Å². The number of ether oxygens (including phenoxy) is 3. The number of phosphoric acid groups is 1. The molecule has 0 aromatic carbocycles. The standard InChI is InChI=1S/C29H58NO9P.2Na/c1-3-4-5-6-7-12-15-18-21-29(32)39-28(25-38-40(33,34)35)24-37-26-36-23-20-17-14-11-9-8-10-13-16-19-22-30-27(2)31;;/h28H,3-26H2,1-2H3,(H,30,31)(H2,33,34,35);;/q;2*+1/p-2/t28-;;/m1../s1. The van der Waals surface area contributed by atoms with Crippen LogP contribution in [0.4, 0.5) is 0 Å². The zero-order valence-corrected chi connectivity index (χ0v) is 32.1. The third kappa shape index (κ3) is 39.0. The molecule has 238 valence electrons. The monoisotopic (exact) mass is 639 g/mol. The summed E-state index contributed by atoms with van der Waals surface area (Å²) in [7, 11) is -5.17. The van der Waals surface area contributed by atoms with E-state index >= 15 is 0 Å². The van der Waals surface area contributed by atoms with Crippen LogP contribution in [0, 0.1) is 0 Å². The first-order valence-corrected chi connectivity index (χ1v) is 17.0. The number of amides is 1. The van der Waals surface area contributed by atoms with Gasteiger partial charge in [-0.05, 0) is 19.3 Å². The van der Waals surface area contributed by atoms with Crippen molar-refractivity contribution < 1.29 is 102 Å². The van der Waals surface area contributed by atoms with E-state index in [4.69, 9.17) is 14.2 Å². The van der Waals surface area contributed by atoms with Gasteiger partial charge in [-0.2, -0.15) is 0 Å². The molecule has 0 aliphatic heterocycles. The molecule has 0 aliphatic rings. The van der Waals surface area contributed by atoms with Crippen molar-refractivity contribution in [2.75, 3.05) is 33.2 Å². The van der Waals surface area contributed by atoms with E-state index in [0.29, 0.717) is 13.0 Å². The molecule has 0 bridgehead atoms. The van der Waals surface area contributed by atoms with Gasteiger partial charge in [-0.15, -0.1) is 0 Å². The van der Waals surface area contributed by atoms with Crippen molar-refractivity contribution in [3.05, 3.63) is 0 Å². The number of carbonyl (C=O) groups excluding carboxylic acids is 2. The van der Waals surface area contributed by atoms with Gasteiger partial charge in [0.05, 0.1) is 21.0 Å². The molecule has 0 unspecified atom stereocenters. The van der Waals surface area contributed by atoms with Crippen LogP contribution < -0.4 is 74.2 Å². The van der Waals surface area contributed by atoms with Crippen molar-refractivity contribution in [3.63, 3.8) is 0 Å². The minimum atomic E-state index is -5.17. The topological polar surface area (TPSA) is 146 Å². The molecule has 0 rings (SSSR count). The molecular weight excluding hydrogens is 583 g/mol. The molecule has 1 N–H and O–H groups in total. The molecule has 0 spiro atoms. The van der Waals surface area contributed by atoms with Gasteiger partial charge in [0.15, 0.2) is 0 Å². The molecule has 10 nitrogen and oxygen atoms in total. The second-order valence-electron chi connectivity index (χ2n) is 10.5. The number of carbonyl (C=O) groups is 2. The number of hydrogen-bond acceptors (Lipinski definition) is 9. The fourth-order valence-corrected chi connectivity index (χ4v) is 4.59. The first-order valence-electron chi connectivity index (χ1n) is 15.5.